The summed E-state index contributed by atoms with van der Waals surface area (Å²) in [5.41, 5.74) is 1.46. The fourth-order valence-corrected chi connectivity index (χ4v) is 4.68. The Morgan fingerprint density at radius 3 is 2.80 bits per heavy atom. The first-order valence-corrected chi connectivity index (χ1v) is 9.98. The Morgan fingerprint density at radius 1 is 1.20 bits per heavy atom. The lowest BCUT2D eigenvalue weighted by atomic mass is 9.97. The Balaban J connectivity index is 1.44. The second-order valence-electron chi connectivity index (χ2n) is 5.95. The number of aromatic nitrogens is 2. The molecule has 0 aliphatic carbocycles. The molecule has 0 atom stereocenters. The molecule has 128 valence electrons. The van der Waals surface area contributed by atoms with E-state index < -0.39 is 0 Å². The number of carbonyl (C=O) groups excluding carboxylic acids is 1. The topological polar surface area (TPSA) is 66.9 Å². The van der Waals surface area contributed by atoms with Crippen LogP contribution in [0.15, 0.2) is 41.9 Å². The van der Waals surface area contributed by atoms with E-state index in [1.807, 2.05) is 36.5 Å². The zero-order valence-electron chi connectivity index (χ0n) is 13.6. The maximum absolute atomic E-state index is 12.4. The fourth-order valence-electron chi connectivity index (χ4n) is 2.89. The number of piperidine rings is 1. The molecule has 0 bridgehead atoms. The predicted octanol–water partition coefficient (Wildman–Crippen LogP) is 3.99. The number of thiazole rings is 2. The highest BCUT2D eigenvalue weighted by molar-refractivity contribution is 7.16. The van der Waals surface area contributed by atoms with Gasteiger partial charge in [-0.2, -0.15) is 0 Å². The molecule has 0 spiro atoms. The number of hydrogen-bond acceptors (Lipinski definition) is 6. The summed E-state index contributed by atoms with van der Waals surface area (Å²) in [6, 6.07) is 9.88. The van der Waals surface area contributed by atoms with E-state index in [2.05, 4.69) is 20.6 Å². The monoisotopic (exact) mass is 370 g/mol. The van der Waals surface area contributed by atoms with E-state index >= 15 is 0 Å². The zero-order chi connectivity index (χ0) is 17.1. The third kappa shape index (κ3) is 3.78. The van der Waals surface area contributed by atoms with Gasteiger partial charge < -0.3 is 5.32 Å². The molecule has 2 aromatic heterocycles. The van der Waals surface area contributed by atoms with Crippen molar-refractivity contribution in [2.24, 2.45) is 0 Å². The molecule has 1 aromatic carbocycles. The lowest BCUT2D eigenvalue weighted by Crippen LogP contribution is -2.26. The molecular formula is C18H18N4OS2. The highest BCUT2D eigenvalue weighted by Gasteiger charge is 2.19. The lowest BCUT2D eigenvalue weighted by molar-refractivity contribution is 0.102. The predicted molar refractivity (Wildman–Crippen MR) is 102 cm³/mol. The van der Waals surface area contributed by atoms with Gasteiger partial charge in [-0.15, -0.1) is 22.7 Å². The average Bonchev–Trinajstić information content (AvgIpc) is 3.33. The van der Waals surface area contributed by atoms with Crippen molar-refractivity contribution >= 4 is 33.7 Å². The number of nitrogens with one attached hydrogen (secondary N) is 2. The first kappa shape index (κ1) is 16.4. The molecule has 3 heterocycles. The largest absolute Gasteiger partial charge is 0.317 e. The van der Waals surface area contributed by atoms with Crippen molar-refractivity contribution in [2.45, 2.75) is 18.8 Å². The molecule has 5 nitrogen and oxygen atoms in total. The van der Waals surface area contributed by atoms with Gasteiger partial charge in [0.15, 0.2) is 5.13 Å². The Labute approximate surface area is 154 Å². The highest BCUT2D eigenvalue weighted by atomic mass is 32.1. The van der Waals surface area contributed by atoms with Gasteiger partial charge in [-0.1, -0.05) is 30.3 Å². The van der Waals surface area contributed by atoms with Crippen molar-refractivity contribution in [3.05, 3.63) is 52.5 Å². The summed E-state index contributed by atoms with van der Waals surface area (Å²) < 4.78 is 0. The van der Waals surface area contributed by atoms with Gasteiger partial charge in [0, 0.05) is 22.0 Å². The van der Waals surface area contributed by atoms with E-state index in [0.29, 0.717) is 16.7 Å². The Morgan fingerprint density at radius 2 is 2.00 bits per heavy atom. The van der Waals surface area contributed by atoms with Gasteiger partial charge in [0.2, 0.25) is 0 Å². The second-order valence-corrected chi connectivity index (χ2v) is 7.87. The Hall–Kier alpha value is -2.09. The molecule has 1 amide bonds. The molecule has 25 heavy (non-hydrogen) atoms. The van der Waals surface area contributed by atoms with Crippen LogP contribution in [-0.4, -0.2) is 29.0 Å². The Bertz CT molecular complexity index is 853. The van der Waals surface area contributed by atoms with Crippen molar-refractivity contribution in [2.75, 3.05) is 18.4 Å². The summed E-state index contributed by atoms with van der Waals surface area (Å²) in [4.78, 5) is 22.5. The van der Waals surface area contributed by atoms with Gasteiger partial charge in [-0.25, -0.2) is 9.97 Å². The van der Waals surface area contributed by atoms with Gasteiger partial charge in [-0.3, -0.25) is 10.1 Å². The molecule has 3 aromatic rings. The molecule has 0 saturated carbocycles. The molecular weight excluding hydrogens is 352 g/mol. The molecule has 1 fully saturated rings. The van der Waals surface area contributed by atoms with E-state index in [9.17, 15) is 4.79 Å². The second kappa shape index (κ2) is 7.43. The number of nitrogens with zero attached hydrogens (tertiary/aromatic N) is 2. The molecule has 7 heteroatoms. The minimum absolute atomic E-state index is 0.204. The van der Waals surface area contributed by atoms with Crippen LogP contribution < -0.4 is 10.6 Å². The summed E-state index contributed by atoms with van der Waals surface area (Å²) in [7, 11) is 0. The average molecular weight is 371 g/mol. The highest BCUT2D eigenvalue weighted by Crippen LogP contribution is 2.32. The third-order valence-corrected chi connectivity index (χ3v) is 6.21. The zero-order valence-corrected chi connectivity index (χ0v) is 15.2. The minimum atomic E-state index is -0.204. The molecule has 4 rings (SSSR count). The van der Waals surface area contributed by atoms with Crippen molar-refractivity contribution < 1.29 is 4.79 Å². The van der Waals surface area contributed by atoms with Crippen LogP contribution in [0.4, 0.5) is 5.13 Å². The van der Waals surface area contributed by atoms with Gasteiger partial charge in [0.1, 0.15) is 10.7 Å². The van der Waals surface area contributed by atoms with Crippen LogP contribution in [0.25, 0.3) is 10.6 Å². The molecule has 0 radical (unpaired) electrons. The molecule has 1 saturated heterocycles. The number of anilines is 1. The third-order valence-electron chi connectivity index (χ3n) is 4.24. The van der Waals surface area contributed by atoms with Crippen LogP contribution in [0.3, 0.4) is 0 Å². The van der Waals surface area contributed by atoms with Gasteiger partial charge >= 0.3 is 0 Å². The van der Waals surface area contributed by atoms with Crippen molar-refractivity contribution in [3.8, 4) is 10.6 Å². The van der Waals surface area contributed by atoms with E-state index in [-0.39, 0.29) is 5.91 Å². The van der Waals surface area contributed by atoms with Crippen LogP contribution in [-0.2, 0) is 0 Å². The summed E-state index contributed by atoms with van der Waals surface area (Å²) in [5.74, 6) is 0.345. The first-order valence-electron chi connectivity index (χ1n) is 8.28. The van der Waals surface area contributed by atoms with Gasteiger partial charge in [0.25, 0.3) is 5.91 Å². The summed E-state index contributed by atoms with van der Waals surface area (Å²) >= 11 is 3.04. The minimum Gasteiger partial charge on any atom is -0.317 e. The lowest BCUT2D eigenvalue weighted by Gasteiger charge is -2.20. The first-order chi connectivity index (χ1) is 12.3. The van der Waals surface area contributed by atoms with Crippen LogP contribution in [0.2, 0.25) is 0 Å². The number of benzene rings is 1. The maximum Gasteiger partial charge on any atom is 0.276 e. The van der Waals surface area contributed by atoms with E-state index in [1.54, 1.807) is 16.7 Å². The normalized spacial score (nSPS) is 15.2. The van der Waals surface area contributed by atoms with E-state index in [1.165, 1.54) is 16.2 Å². The van der Waals surface area contributed by atoms with E-state index in [4.69, 9.17) is 0 Å². The van der Waals surface area contributed by atoms with Crippen molar-refractivity contribution in [1.29, 1.82) is 0 Å². The van der Waals surface area contributed by atoms with Crippen molar-refractivity contribution in [3.63, 3.8) is 0 Å². The smallest absolute Gasteiger partial charge is 0.276 e. The van der Waals surface area contributed by atoms with Crippen LogP contribution >= 0.6 is 22.7 Å². The van der Waals surface area contributed by atoms with Crippen LogP contribution in [0, 0.1) is 0 Å². The summed E-state index contributed by atoms with van der Waals surface area (Å²) in [6.07, 6.45) is 4.15. The van der Waals surface area contributed by atoms with E-state index in [0.717, 1.165) is 36.5 Å². The quantitative estimate of drug-likeness (QED) is 0.729. The number of hydrogen-bond donors (Lipinski definition) is 2. The maximum atomic E-state index is 12.4. The van der Waals surface area contributed by atoms with Crippen LogP contribution in [0.1, 0.15) is 34.1 Å². The number of rotatable bonds is 4. The van der Waals surface area contributed by atoms with Gasteiger partial charge in [-0.05, 0) is 31.8 Å². The molecule has 2 N–H and O–H groups in total. The van der Waals surface area contributed by atoms with Gasteiger partial charge in [0.05, 0.1) is 0 Å². The number of amides is 1. The summed E-state index contributed by atoms with van der Waals surface area (Å²) in [6.45, 7) is 2.09. The number of carbonyl (C=O) groups is 1. The van der Waals surface area contributed by atoms with Crippen molar-refractivity contribution in [1.82, 2.24) is 15.3 Å². The Kier molecular flexibility index (Phi) is 4.87. The molecule has 1 aliphatic rings. The fraction of sp³-hybridized carbons (Fsp3) is 0.278. The van der Waals surface area contributed by atoms with Crippen LogP contribution in [0.5, 0.6) is 0 Å². The SMILES string of the molecule is O=C(Nc1ncc(C2CCNCC2)s1)c1csc(-c2ccccc2)n1. The summed E-state index contributed by atoms with van der Waals surface area (Å²) in [5, 5.41) is 9.53. The molecule has 1 aliphatic heterocycles. The molecule has 0 unspecified atom stereocenters. The standard InChI is InChI=1S/C18H18N4OS2/c23-16(14-11-24-17(21-14)13-4-2-1-3-5-13)22-18-20-10-15(25-18)12-6-8-19-9-7-12/h1-5,10-12,19H,6-9H2,(H,20,22,23).